The molecule has 0 spiro atoms. The van der Waals surface area contributed by atoms with Gasteiger partial charge >= 0.3 is 24.1 Å². The number of carbonyl (C=O) groups is 3. The Morgan fingerprint density at radius 1 is 0.640 bits per heavy atom. The summed E-state index contributed by atoms with van der Waals surface area (Å²) in [6.07, 6.45) is 2.02. The molecule has 266 valence electrons. The molecular formula is C41H45F3O6. The van der Waals surface area contributed by atoms with E-state index in [1.165, 1.54) is 25.3 Å². The van der Waals surface area contributed by atoms with E-state index in [4.69, 9.17) is 14.2 Å². The highest BCUT2D eigenvalue weighted by atomic mass is 19.4. The van der Waals surface area contributed by atoms with Gasteiger partial charge in [0.05, 0.1) is 5.56 Å². The Morgan fingerprint density at radius 2 is 1.24 bits per heavy atom. The van der Waals surface area contributed by atoms with E-state index >= 15 is 0 Å². The van der Waals surface area contributed by atoms with E-state index in [-0.39, 0.29) is 35.7 Å². The van der Waals surface area contributed by atoms with Gasteiger partial charge in [0, 0.05) is 11.8 Å². The Bertz CT molecular complexity index is 1700. The minimum atomic E-state index is -4.74. The Labute approximate surface area is 291 Å². The van der Waals surface area contributed by atoms with E-state index in [1.54, 1.807) is 66.7 Å². The first kappa shape index (κ1) is 38.1. The Morgan fingerprint density at radius 3 is 1.90 bits per heavy atom. The zero-order chi connectivity index (χ0) is 35.9. The summed E-state index contributed by atoms with van der Waals surface area (Å²) in [6, 6.07) is 23.3. The van der Waals surface area contributed by atoms with Gasteiger partial charge < -0.3 is 14.2 Å². The van der Waals surface area contributed by atoms with E-state index in [0.717, 1.165) is 43.2 Å². The monoisotopic (exact) mass is 690 g/mol. The smallest absolute Gasteiger partial charge is 0.425 e. The zero-order valence-corrected chi connectivity index (χ0v) is 28.7. The highest BCUT2D eigenvalue weighted by molar-refractivity contribution is 6.04. The molecule has 0 aliphatic heterocycles. The van der Waals surface area contributed by atoms with Crippen LogP contribution in [0.25, 0.3) is 21.9 Å². The van der Waals surface area contributed by atoms with Gasteiger partial charge in [-0.2, -0.15) is 13.2 Å². The number of hydrogen-bond acceptors (Lipinski definition) is 6. The molecule has 0 bridgehead atoms. The highest BCUT2D eigenvalue weighted by Gasteiger charge is 2.42. The predicted octanol–water partition coefficient (Wildman–Crippen LogP) is 11.4. The van der Waals surface area contributed by atoms with Gasteiger partial charge in [0.2, 0.25) is 0 Å². The van der Waals surface area contributed by atoms with Crippen molar-refractivity contribution >= 4 is 28.7 Å². The van der Waals surface area contributed by atoms with Crippen LogP contribution in [0.3, 0.4) is 0 Å². The maximum atomic E-state index is 13.8. The van der Waals surface area contributed by atoms with Gasteiger partial charge in [-0.3, -0.25) is 4.79 Å². The second kappa shape index (κ2) is 18.9. The lowest BCUT2D eigenvalue weighted by atomic mass is 10.0. The summed E-state index contributed by atoms with van der Waals surface area (Å²) < 4.78 is 57.6. The lowest BCUT2D eigenvalue weighted by Crippen LogP contribution is -2.34. The van der Waals surface area contributed by atoms with Crippen molar-refractivity contribution in [1.29, 1.82) is 0 Å². The molecule has 0 fully saturated rings. The number of hydrogen-bond donors (Lipinski definition) is 0. The highest BCUT2D eigenvalue weighted by Crippen LogP contribution is 2.34. The molecule has 0 unspecified atom stereocenters. The zero-order valence-electron chi connectivity index (χ0n) is 28.7. The van der Waals surface area contributed by atoms with E-state index in [0.29, 0.717) is 29.4 Å². The summed E-state index contributed by atoms with van der Waals surface area (Å²) in [5, 5.41) is 1.01. The maximum absolute atomic E-state index is 13.8. The summed E-state index contributed by atoms with van der Waals surface area (Å²) >= 11 is 0. The third-order valence-corrected chi connectivity index (χ3v) is 8.50. The fourth-order valence-electron chi connectivity index (χ4n) is 5.65. The average Bonchev–Trinajstić information content (AvgIpc) is 3.11. The van der Waals surface area contributed by atoms with Crippen LogP contribution in [-0.2, 0) is 9.53 Å². The lowest BCUT2D eigenvalue weighted by molar-refractivity contribution is -0.206. The Balaban J connectivity index is 1.44. The van der Waals surface area contributed by atoms with Crippen molar-refractivity contribution in [3.05, 3.63) is 96.1 Å². The third-order valence-electron chi connectivity index (χ3n) is 8.50. The molecule has 4 aromatic rings. The summed E-state index contributed by atoms with van der Waals surface area (Å²) in [7, 11) is 0. The number of halogens is 3. The minimum absolute atomic E-state index is 0.171. The molecule has 0 saturated heterocycles. The van der Waals surface area contributed by atoms with Crippen molar-refractivity contribution < 1.29 is 41.8 Å². The predicted molar refractivity (Wildman–Crippen MR) is 188 cm³/mol. The first-order valence-corrected chi connectivity index (χ1v) is 17.5. The molecule has 0 amide bonds. The number of rotatable bonds is 18. The van der Waals surface area contributed by atoms with Crippen LogP contribution >= 0.6 is 0 Å². The molecule has 0 aliphatic rings. The molecule has 0 aliphatic carbocycles. The number of fused-ring (bicyclic) bond motifs is 1. The summed E-state index contributed by atoms with van der Waals surface area (Å²) in [6.45, 7) is 4.12. The van der Waals surface area contributed by atoms with Crippen LogP contribution in [0, 0.1) is 0 Å². The van der Waals surface area contributed by atoms with Crippen LogP contribution < -0.4 is 9.47 Å². The Hall–Kier alpha value is -4.66. The first-order valence-electron chi connectivity index (χ1n) is 17.5. The van der Waals surface area contributed by atoms with Crippen molar-refractivity contribution in [2.24, 2.45) is 0 Å². The second-order valence-electron chi connectivity index (χ2n) is 12.4. The summed E-state index contributed by atoms with van der Waals surface area (Å²) in [5.41, 5.74) is 1.52. The van der Waals surface area contributed by atoms with Gasteiger partial charge in [0.1, 0.15) is 11.3 Å². The van der Waals surface area contributed by atoms with Gasteiger partial charge in [-0.15, -0.1) is 0 Å². The second-order valence-corrected chi connectivity index (χ2v) is 12.4. The number of ether oxygens (including phenoxy) is 3. The van der Waals surface area contributed by atoms with Crippen LogP contribution in [0.5, 0.6) is 11.5 Å². The summed E-state index contributed by atoms with van der Waals surface area (Å²) in [4.78, 5) is 38.8. The van der Waals surface area contributed by atoms with Crippen LogP contribution in [-0.4, -0.2) is 30.2 Å². The first-order chi connectivity index (χ1) is 24.1. The molecule has 0 heterocycles. The average molecular weight is 691 g/mol. The topological polar surface area (TPSA) is 78.9 Å². The van der Waals surface area contributed by atoms with Crippen LogP contribution in [0.4, 0.5) is 13.2 Å². The van der Waals surface area contributed by atoms with E-state index < -0.39 is 24.2 Å². The molecule has 0 radical (unpaired) electrons. The van der Waals surface area contributed by atoms with Crippen LogP contribution in [0.2, 0.25) is 0 Å². The quantitative estimate of drug-likeness (QED) is 0.0587. The fourth-order valence-corrected chi connectivity index (χ4v) is 5.65. The molecule has 50 heavy (non-hydrogen) atoms. The van der Waals surface area contributed by atoms with E-state index in [2.05, 4.69) is 6.92 Å². The van der Waals surface area contributed by atoms with Gasteiger partial charge in [0.15, 0.2) is 11.9 Å². The molecule has 0 saturated carbocycles. The minimum Gasteiger partial charge on any atom is -0.449 e. The van der Waals surface area contributed by atoms with Crippen molar-refractivity contribution in [2.75, 3.05) is 0 Å². The molecule has 9 heteroatoms. The number of carbonyl (C=O) groups excluding carboxylic acids is 3. The largest absolute Gasteiger partial charge is 0.449 e. The third kappa shape index (κ3) is 11.2. The molecule has 4 aromatic carbocycles. The number of benzene rings is 4. The molecule has 6 nitrogen and oxygen atoms in total. The van der Waals surface area contributed by atoms with Crippen molar-refractivity contribution in [3.8, 4) is 22.6 Å². The Kier molecular flexibility index (Phi) is 14.4. The standard InChI is InChI=1S/C41H45F3O6/c1-3-5-7-9-10-12-18-37(45)48-33-26-23-30(24-27-33)29-19-21-32(22-20-29)39(46)50-38-34-16-14-13-15-31(34)25-28-35(38)40(47)49-36(41(42,43)44)17-11-8-6-4-2/h13-16,19-28,36H,3-12,17-18H2,1-2H3/t36-/m1/s1. The van der Waals surface area contributed by atoms with Crippen molar-refractivity contribution in [3.63, 3.8) is 0 Å². The number of alkyl halides is 3. The van der Waals surface area contributed by atoms with Gasteiger partial charge in [0.25, 0.3) is 0 Å². The fraction of sp³-hybridized carbons (Fsp3) is 0.390. The molecule has 0 N–H and O–H groups in total. The van der Waals surface area contributed by atoms with E-state index in [1.807, 2.05) is 19.1 Å². The number of esters is 3. The van der Waals surface area contributed by atoms with Gasteiger partial charge in [-0.1, -0.05) is 120 Å². The maximum Gasteiger partial charge on any atom is 0.425 e. The van der Waals surface area contributed by atoms with Crippen molar-refractivity contribution in [2.45, 2.75) is 103 Å². The van der Waals surface area contributed by atoms with Crippen molar-refractivity contribution in [1.82, 2.24) is 0 Å². The van der Waals surface area contributed by atoms with Gasteiger partial charge in [-0.05, 0) is 66.1 Å². The van der Waals surface area contributed by atoms with Crippen LogP contribution in [0.15, 0.2) is 84.9 Å². The molecule has 0 aromatic heterocycles. The molecular weight excluding hydrogens is 645 g/mol. The molecule has 4 rings (SSSR count). The van der Waals surface area contributed by atoms with Crippen LogP contribution in [0.1, 0.15) is 112 Å². The van der Waals surface area contributed by atoms with Gasteiger partial charge in [-0.25, -0.2) is 9.59 Å². The normalized spacial score (nSPS) is 12.0. The number of unbranched alkanes of at least 4 members (excludes halogenated alkanes) is 8. The summed E-state index contributed by atoms with van der Waals surface area (Å²) in [5.74, 6) is -1.99. The lowest BCUT2D eigenvalue weighted by Gasteiger charge is -2.21. The van der Waals surface area contributed by atoms with E-state index in [9.17, 15) is 27.6 Å². The molecule has 1 atom stereocenters. The SMILES string of the molecule is CCCCCCCCC(=O)Oc1ccc(-c2ccc(C(=O)Oc3c(C(=O)O[C@H](CCCCCC)C(F)(F)F)ccc4ccccc34)cc2)cc1.